The van der Waals surface area contributed by atoms with Crippen LogP contribution < -0.4 is 15.4 Å². The van der Waals surface area contributed by atoms with Gasteiger partial charge in [-0.05, 0) is 47.5 Å². The first-order valence-corrected chi connectivity index (χ1v) is 11.0. The minimum absolute atomic E-state index is 0.0101. The van der Waals surface area contributed by atoms with Gasteiger partial charge in [-0.15, -0.1) is 0 Å². The monoisotopic (exact) mass is 464 g/mol. The molecule has 0 radical (unpaired) electrons. The molecule has 0 saturated heterocycles. The van der Waals surface area contributed by atoms with Crippen molar-refractivity contribution in [1.82, 2.24) is 10.3 Å². The summed E-state index contributed by atoms with van der Waals surface area (Å²) in [6.07, 6.45) is -1.31. The predicted octanol–water partition coefficient (Wildman–Crippen LogP) is 4.36. The molecule has 168 valence electrons. The Bertz CT molecular complexity index is 1170. The number of carbonyl (C=O) groups is 1. The summed E-state index contributed by atoms with van der Waals surface area (Å²) in [4.78, 5) is 15.9. The third-order valence-electron chi connectivity index (χ3n) is 4.20. The van der Waals surface area contributed by atoms with E-state index in [1.54, 1.807) is 18.5 Å². The van der Waals surface area contributed by atoms with Crippen molar-refractivity contribution in [2.24, 2.45) is 0 Å². The van der Waals surface area contributed by atoms with Crippen molar-refractivity contribution in [2.45, 2.75) is 18.5 Å². The van der Waals surface area contributed by atoms with Gasteiger partial charge < -0.3 is 10.6 Å². The first-order chi connectivity index (χ1) is 15.1. The van der Waals surface area contributed by atoms with Gasteiger partial charge in [0.15, 0.2) is 0 Å². The number of amides is 2. The van der Waals surface area contributed by atoms with Crippen LogP contribution in [0.15, 0.2) is 73.1 Å². The summed E-state index contributed by atoms with van der Waals surface area (Å²) >= 11 is 0. The van der Waals surface area contributed by atoms with E-state index in [9.17, 15) is 26.4 Å². The van der Waals surface area contributed by atoms with E-state index in [-0.39, 0.29) is 17.8 Å². The molecular formula is C21H19F3N4O3S. The Morgan fingerprint density at radius 2 is 1.62 bits per heavy atom. The maximum Gasteiger partial charge on any atom is 0.416 e. The minimum Gasteiger partial charge on any atom is -0.334 e. The van der Waals surface area contributed by atoms with Gasteiger partial charge in [0.05, 0.1) is 11.3 Å². The van der Waals surface area contributed by atoms with Gasteiger partial charge >= 0.3 is 12.2 Å². The summed E-state index contributed by atoms with van der Waals surface area (Å²) in [6, 6.07) is 13.1. The average molecular weight is 464 g/mol. The molecule has 1 heterocycles. The second-order valence-electron chi connectivity index (χ2n) is 6.81. The van der Waals surface area contributed by atoms with Crippen LogP contribution in [0, 0.1) is 0 Å². The molecule has 0 aliphatic heterocycles. The Labute approximate surface area is 182 Å². The van der Waals surface area contributed by atoms with Crippen LogP contribution in [-0.4, -0.2) is 19.4 Å². The largest absolute Gasteiger partial charge is 0.416 e. The molecule has 0 bridgehead atoms. The normalized spacial score (nSPS) is 11.6. The van der Waals surface area contributed by atoms with Crippen LogP contribution in [0.4, 0.5) is 29.3 Å². The zero-order valence-corrected chi connectivity index (χ0v) is 17.4. The van der Waals surface area contributed by atoms with E-state index in [0.717, 1.165) is 23.8 Å². The molecule has 0 unspecified atom stereocenters. The second-order valence-corrected chi connectivity index (χ2v) is 8.53. The minimum atomic E-state index is -4.56. The lowest BCUT2D eigenvalue weighted by atomic mass is 10.1. The number of hydrogen-bond acceptors (Lipinski definition) is 4. The highest BCUT2D eigenvalue weighted by molar-refractivity contribution is 7.91. The molecule has 2 amide bonds. The summed E-state index contributed by atoms with van der Waals surface area (Å²) in [6.45, 7) is 0.285. The van der Waals surface area contributed by atoms with Gasteiger partial charge in [0.2, 0.25) is 10.0 Å². The SMILES string of the molecule is O=C(NCc1cccnc1)Nc1ccc(NS(=O)(=O)Cc2cccc(C(F)(F)F)c2)cc1. The highest BCUT2D eigenvalue weighted by Crippen LogP contribution is 2.30. The Morgan fingerprint density at radius 3 is 2.28 bits per heavy atom. The number of sulfonamides is 1. The summed E-state index contributed by atoms with van der Waals surface area (Å²) in [5.41, 5.74) is 0.555. The molecule has 0 spiro atoms. The van der Waals surface area contributed by atoms with E-state index < -0.39 is 33.5 Å². The topological polar surface area (TPSA) is 100 Å². The van der Waals surface area contributed by atoms with Crippen LogP contribution in [0.1, 0.15) is 16.7 Å². The number of anilines is 2. The molecule has 3 N–H and O–H groups in total. The zero-order valence-electron chi connectivity index (χ0n) is 16.6. The van der Waals surface area contributed by atoms with Crippen LogP contribution in [0.2, 0.25) is 0 Å². The summed E-state index contributed by atoms with van der Waals surface area (Å²) in [5.74, 6) is -0.617. The number of nitrogens with zero attached hydrogens (tertiary/aromatic N) is 1. The van der Waals surface area contributed by atoms with Gasteiger partial charge in [0, 0.05) is 30.3 Å². The molecule has 11 heteroatoms. The lowest BCUT2D eigenvalue weighted by Gasteiger charge is -2.12. The van der Waals surface area contributed by atoms with Crippen molar-refractivity contribution >= 4 is 27.4 Å². The molecule has 32 heavy (non-hydrogen) atoms. The molecule has 2 aromatic carbocycles. The van der Waals surface area contributed by atoms with Crippen molar-refractivity contribution in [3.8, 4) is 0 Å². The van der Waals surface area contributed by atoms with Gasteiger partial charge in [0.1, 0.15) is 0 Å². The van der Waals surface area contributed by atoms with Gasteiger partial charge in [0.25, 0.3) is 0 Å². The molecule has 3 rings (SSSR count). The highest BCUT2D eigenvalue weighted by atomic mass is 32.2. The number of pyridine rings is 1. The van der Waals surface area contributed by atoms with Crippen molar-refractivity contribution in [3.63, 3.8) is 0 Å². The van der Waals surface area contributed by atoms with E-state index in [4.69, 9.17) is 0 Å². The quantitative estimate of drug-likeness (QED) is 0.484. The van der Waals surface area contributed by atoms with Crippen molar-refractivity contribution < 1.29 is 26.4 Å². The molecule has 3 aromatic rings. The Kier molecular flexibility index (Phi) is 6.98. The Balaban J connectivity index is 1.56. The summed E-state index contributed by atoms with van der Waals surface area (Å²) in [7, 11) is -3.95. The fourth-order valence-corrected chi connectivity index (χ4v) is 3.94. The fourth-order valence-electron chi connectivity index (χ4n) is 2.75. The molecule has 0 atom stereocenters. The van der Waals surface area contributed by atoms with Crippen LogP contribution >= 0.6 is 0 Å². The number of benzene rings is 2. The van der Waals surface area contributed by atoms with Gasteiger partial charge in [-0.1, -0.05) is 24.3 Å². The van der Waals surface area contributed by atoms with Crippen molar-refractivity contribution in [2.75, 3.05) is 10.0 Å². The number of nitrogens with one attached hydrogen (secondary N) is 3. The zero-order chi connectivity index (χ0) is 23.2. The smallest absolute Gasteiger partial charge is 0.334 e. The Hall–Kier alpha value is -3.60. The van der Waals surface area contributed by atoms with E-state index in [0.29, 0.717) is 5.69 Å². The number of urea groups is 1. The molecule has 0 aliphatic carbocycles. The van der Waals surface area contributed by atoms with Crippen LogP contribution in [0.5, 0.6) is 0 Å². The number of halogens is 3. The second kappa shape index (κ2) is 9.69. The molecule has 1 aromatic heterocycles. The number of hydrogen-bond donors (Lipinski definition) is 3. The number of rotatable bonds is 7. The lowest BCUT2D eigenvalue weighted by Crippen LogP contribution is -2.28. The first-order valence-electron chi connectivity index (χ1n) is 9.31. The van der Waals surface area contributed by atoms with Crippen LogP contribution in [0.3, 0.4) is 0 Å². The summed E-state index contributed by atoms with van der Waals surface area (Å²) in [5, 5.41) is 5.27. The molecule has 0 saturated carbocycles. The fraction of sp³-hybridized carbons (Fsp3) is 0.143. The van der Waals surface area contributed by atoms with Gasteiger partial charge in [-0.3, -0.25) is 9.71 Å². The van der Waals surface area contributed by atoms with E-state index in [1.165, 1.54) is 30.3 Å². The maximum atomic E-state index is 12.8. The Morgan fingerprint density at radius 1 is 0.938 bits per heavy atom. The van der Waals surface area contributed by atoms with Crippen molar-refractivity contribution in [1.29, 1.82) is 0 Å². The lowest BCUT2D eigenvalue weighted by molar-refractivity contribution is -0.137. The van der Waals surface area contributed by atoms with E-state index >= 15 is 0 Å². The van der Waals surface area contributed by atoms with Gasteiger partial charge in [-0.25, -0.2) is 13.2 Å². The third-order valence-corrected chi connectivity index (χ3v) is 5.46. The average Bonchev–Trinajstić information content (AvgIpc) is 2.73. The number of carbonyl (C=O) groups excluding carboxylic acids is 1. The molecular weight excluding hydrogens is 445 g/mol. The van der Waals surface area contributed by atoms with E-state index in [2.05, 4.69) is 20.3 Å². The molecule has 0 aliphatic rings. The molecule has 0 fully saturated rings. The van der Waals surface area contributed by atoms with E-state index in [1.807, 2.05) is 6.07 Å². The third kappa shape index (κ3) is 6.98. The standard InChI is InChI=1S/C21H19F3N4O3S/c22-21(23,24)17-5-1-3-15(11-17)14-32(30,31)28-19-8-6-18(7-9-19)27-20(29)26-13-16-4-2-10-25-12-16/h1-12,28H,13-14H2,(H2,26,27,29). The van der Waals surface area contributed by atoms with Gasteiger partial charge in [-0.2, -0.15) is 13.2 Å². The van der Waals surface area contributed by atoms with Crippen LogP contribution in [0.25, 0.3) is 0 Å². The highest BCUT2D eigenvalue weighted by Gasteiger charge is 2.30. The number of alkyl halides is 3. The number of aromatic nitrogens is 1. The van der Waals surface area contributed by atoms with Crippen LogP contribution in [-0.2, 0) is 28.5 Å². The summed E-state index contributed by atoms with van der Waals surface area (Å²) < 4.78 is 65.4. The predicted molar refractivity (Wildman–Crippen MR) is 114 cm³/mol. The maximum absolute atomic E-state index is 12.8. The van der Waals surface area contributed by atoms with Crippen molar-refractivity contribution in [3.05, 3.63) is 89.7 Å². The first kappa shape index (κ1) is 23.1. The molecule has 7 nitrogen and oxygen atoms in total.